The van der Waals surface area contributed by atoms with Gasteiger partial charge in [-0.3, -0.25) is 13.9 Å². The third kappa shape index (κ3) is 16.3. The molecule has 0 aliphatic carbocycles. The van der Waals surface area contributed by atoms with Crippen LogP contribution >= 0.6 is 23.5 Å². The molecule has 1 fully saturated rings. The molecule has 7 N–H and O–H groups in total. The standard InChI is InChI=1S/C23H36N7O17P3/c1-3-8-41-15-43-17-11-21(45-18(17)13-44-49(36,37)47-50(38,39)46-48(33,34)35)30-12-16(22(24)27-23(30)32)6-5-7-26-19(31)14-40-9-10-42-20(4-2)28-29-25/h3,12,17-18,20-21H,1,4,7-11,13-15H2,2H3,(H,26,31)(H,36,37)(H,38,39)(H2,24,27,32)(H2,33,34,35)/t17-,18-,20?,21-/m1/s1. The summed E-state index contributed by atoms with van der Waals surface area (Å²) in [5, 5.41) is 5.93. The molecule has 1 aliphatic rings. The number of nitrogens with two attached hydrogens (primary N) is 1. The molecule has 1 aliphatic heterocycles. The smallest absolute Gasteiger partial charge is 0.382 e. The summed E-state index contributed by atoms with van der Waals surface area (Å²) in [7, 11) is -16.9. The maximum absolute atomic E-state index is 12.7. The summed E-state index contributed by atoms with van der Waals surface area (Å²) in [6.45, 7) is 3.87. The summed E-state index contributed by atoms with van der Waals surface area (Å²) in [5.74, 6) is 4.57. The zero-order valence-electron chi connectivity index (χ0n) is 26.3. The largest absolute Gasteiger partial charge is 0.490 e. The van der Waals surface area contributed by atoms with Crippen molar-refractivity contribution in [2.45, 2.75) is 44.4 Å². The van der Waals surface area contributed by atoms with Crippen LogP contribution in [-0.2, 0) is 55.3 Å². The van der Waals surface area contributed by atoms with E-state index in [9.17, 15) is 33.1 Å². The van der Waals surface area contributed by atoms with Gasteiger partial charge in [0.25, 0.3) is 0 Å². The minimum absolute atomic E-state index is 0.0600. The monoisotopic (exact) mass is 775 g/mol. The summed E-state index contributed by atoms with van der Waals surface area (Å²) in [4.78, 5) is 67.7. The van der Waals surface area contributed by atoms with E-state index in [1.807, 2.05) is 0 Å². The van der Waals surface area contributed by atoms with Crippen molar-refractivity contribution in [2.75, 3.05) is 52.1 Å². The van der Waals surface area contributed by atoms with E-state index in [-0.39, 0.29) is 57.6 Å². The first kappa shape index (κ1) is 43.1. The molecule has 1 saturated heterocycles. The molecule has 1 amide bonds. The van der Waals surface area contributed by atoms with Crippen LogP contribution in [0.1, 0.15) is 31.6 Å². The zero-order valence-corrected chi connectivity index (χ0v) is 29.0. The topological polar surface area (TPSA) is 345 Å². The number of hydrogen-bond acceptors (Lipinski definition) is 16. The highest BCUT2D eigenvalue weighted by Gasteiger charge is 2.43. The van der Waals surface area contributed by atoms with Crippen LogP contribution in [0.25, 0.3) is 10.4 Å². The number of phosphoric ester groups is 1. The first-order valence-electron chi connectivity index (χ1n) is 14.1. The van der Waals surface area contributed by atoms with Gasteiger partial charge in [-0.15, -0.1) is 6.58 Å². The third-order valence-electron chi connectivity index (χ3n) is 5.79. The highest BCUT2D eigenvalue weighted by atomic mass is 31.3. The molecule has 0 aromatic carbocycles. The van der Waals surface area contributed by atoms with Crippen LogP contribution in [0.4, 0.5) is 5.82 Å². The molecule has 280 valence electrons. The fourth-order valence-electron chi connectivity index (χ4n) is 3.75. The van der Waals surface area contributed by atoms with Crippen molar-refractivity contribution >= 4 is 35.2 Å². The van der Waals surface area contributed by atoms with Gasteiger partial charge in [-0.1, -0.05) is 30.0 Å². The molecular weight excluding hydrogens is 739 g/mol. The summed E-state index contributed by atoms with van der Waals surface area (Å²) in [6, 6.07) is 0. The maximum atomic E-state index is 12.7. The van der Waals surface area contributed by atoms with Crippen LogP contribution in [0, 0.1) is 11.8 Å². The lowest BCUT2D eigenvalue weighted by molar-refractivity contribution is -0.126. The van der Waals surface area contributed by atoms with Gasteiger partial charge >= 0.3 is 29.2 Å². The highest BCUT2D eigenvalue weighted by Crippen LogP contribution is 2.66. The fourth-order valence-corrected chi connectivity index (χ4v) is 6.78. The van der Waals surface area contributed by atoms with E-state index in [2.05, 4.69) is 51.9 Å². The van der Waals surface area contributed by atoms with Gasteiger partial charge in [-0.25, -0.2) is 18.5 Å². The molecule has 2 rings (SSSR count). The molecule has 0 spiro atoms. The van der Waals surface area contributed by atoms with Crippen molar-refractivity contribution in [2.24, 2.45) is 5.11 Å². The fraction of sp³-hybridized carbons (Fsp3) is 0.609. The van der Waals surface area contributed by atoms with Gasteiger partial charge in [0.05, 0.1) is 44.6 Å². The maximum Gasteiger partial charge on any atom is 0.490 e. The number of nitrogens with zero attached hydrogens (tertiary/aromatic N) is 5. The number of carbonyl (C=O) groups is 1. The third-order valence-corrected chi connectivity index (χ3v) is 9.59. The second-order valence-electron chi connectivity index (χ2n) is 9.53. The van der Waals surface area contributed by atoms with E-state index in [1.54, 1.807) is 6.92 Å². The molecule has 50 heavy (non-hydrogen) atoms. The van der Waals surface area contributed by atoms with Gasteiger partial charge in [0, 0.05) is 17.5 Å². The summed E-state index contributed by atoms with van der Waals surface area (Å²) >= 11 is 0. The first-order valence-corrected chi connectivity index (χ1v) is 18.6. The van der Waals surface area contributed by atoms with Crippen molar-refractivity contribution in [3.8, 4) is 11.8 Å². The second kappa shape index (κ2) is 20.7. The molecule has 1 aromatic rings. The van der Waals surface area contributed by atoms with Gasteiger partial charge in [0.2, 0.25) is 5.91 Å². The quantitative estimate of drug-likeness (QED) is 0.0137. The lowest BCUT2D eigenvalue weighted by atomic mass is 10.2. The molecule has 0 bridgehead atoms. The number of ether oxygens (including phenoxy) is 5. The summed E-state index contributed by atoms with van der Waals surface area (Å²) in [6.07, 6.45) is -1.05. The van der Waals surface area contributed by atoms with Gasteiger partial charge in [0.15, 0.2) is 0 Å². The van der Waals surface area contributed by atoms with Crippen molar-refractivity contribution in [3.63, 3.8) is 0 Å². The number of nitrogen functional groups attached to an aromatic ring is 1. The van der Waals surface area contributed by atoms with Crippen LogP contribution in [0.5, 0.6) is 0 Å². The average Bonchev–Trinajstić information content (AvgIpc) is 3.41. The number of anilines is 1. The Kier molecular flexibility index (Phi) is 17.9. The minimum Gasteiger partial charge on any atom is -0.382 e. The first-order chi connectivity index (χ1) is 23.5. The van der Waals surface area contributed by atoms with Gasteiger partial charge in [-0.2, -0.15) is 13.6 Å². The molecule has 0 radical (unpaired) electrons. The van der Waals surface area contributed by atoms with Crippen LogP contribution in [0.3, 0.4) is 0 Å². The number of aromatic nitrogens is 2. The molecular formula is C23H36N7O17P3. The number of carbonyl (C=O) groups excluding carboxylic acids is 1. The van der Waals surface area contributed by atoms with E-state index in [4.69, 9.17) is 44.7 Å². The molecule has 1 aromatic heterocycles. The summed E-state index contributed by atoms with van der Waals surface area (Å²) in [5.41, 5.74) is 13.5. The van der Waals surface area contributed by atoms with Crippen LogP contribution in [0.2, 0.25) is 0 Å². The Morgan fingerprint density at radius 1 is 1.28 bits per heavy atom. The molecule has 6 atom stereocenters. The van der Waals surface area contributed by atoms with Crippen LogP contribution in [0.15, 0.2) is 28.8 Å². The van der Waals surface area contributed by atoms with Gasteiger partial charge < -0.3 is 54.3 Å². The van der Waals surface area contributed by atoms with Gasteiger partial charge in [-0.05, 0) is 12.0 Å². The number of azide groups is 1. The minimum atomic E-state index is -5.77. The molecule has 2 heterocycles. The Morgan fingerprint density at radius 3 is 2.68 bits per heavy atom. The lowest BCUT2D eigenvalue weighted by Crippen LogP contribution is -2.30. The van der Waals surface area contributed by atoms with Crippen molar-refractivity contribution in [1.29, 1.82) is 0 Å². The van der Waals surface area contributed by atoms with Gasteiger partial charge in [0.1, 0.15) is 37.8 Å². The number of amides is 1. The van der Waals surface area contributed by atoms with Crippen molar-refractivity contribution in [3.05, 3.63) is 45.3 Å². The van der Waals surface area contributed by atoms with E-state index >= 15 is 0 Å². The highest BCUT2D eigenvalue weighted by molar-refractivity contribution is 7.66. The van der Waals surface area contributed by atoms with Crippen LogP contribution in [-0.4, -0.2) is 99.8 Å². The molecule has 3 unspecified atom stereocenters. The van der Waals surface area contributed by atoms with Crippen LogP contribution < -0.4 is 16.7 Å². The second-order valence-corrected chi connectivity index (χ2v) is 14.0. The lowest BCUT2D eigenvalue weighted by Gasteiger charge is -2.21. The number of hydrogen-bond donors (Lipinski definition) is 6. The van der Waals surface area contributed by atoms with E-state index in [0.717, 1.165) is 4.57 Å². The SMILES string of the molecule is C=CCOCO[C@@H]1C[C@H](n2cc(C#CCNC(=O)COCCOC(CC)N=[N+]=[N-])c(N)nc2=O)O[C@@H]1COP(=O)(O)OP(=O)(O)OP(=O)(O)O. The molecule has 24 nitrogen and oxygen atoms in total. The van der Waals surface area contributed by atoms with E-state index < -0.39 is 66.3 Å². The molecule has 27 heteroatoms. The summed E-state index contributed by atoms with van der Waals surface area (Å²) < 4.78 is 74.8. The zero-order chi connectivity index (χ0) is 37.4. The van der Waals surface area contributed by atoms with Crippen molar-refractivity contribution < 1.29 is 74.9 Å². The number of phosphoric acid groups is 3. The Hall–Kier alpha value is -3.03. The Morgan fingerprint density at radius 2 is 2.02 bits per heavy atom. The van der Waals surface area contributed by atoms with E-state index in [1.165, 1.54) is 12.3 Å². The predicted molar refractivity (Wildman–Crippen MR) is 167 cm³/mol. The van der Waals surface area contributed by atoms with Crippen molar-refractivity contribution in [1.82, 2.24) is 14.9 Å². The Labute approximate surface area is 283 Å². The Balaban J connectivity index is 2.06. The number of rotatable bonds is 22. The normalized spacial score (nSPS) is 20.4. The molecule has 0 saturated carbocycles. The number of nitrogens with one attached hydrogen (secondary N) is 1. The van der Waals surface area contributed by atoms with E-state index in [0.29, 0.717) is 6.42 Å². The predicted octanol–water partition coefficient (Wildman–Crippen LogP) is 0.549. The Bertz CT molecular complexity index is 1620. The average molecular weight is 775 g/mol.